The van der Waals surface area contributed by atoms with Gasteiger partial charge in [0.1, 0.15) is 17.3 Å². The second-order valence-corrected chi connectivity index (χ2v) is 5.83. The molecule has 1 aromatic rings. The second-order valence-electron chi connectivity index (χ2n) is 5.44. The van der Waals surface area contributed by atoms with E-state index >= 15 is 0 Å². The highest BCUT2D eigenvalue weighted by molar-refractivity contribution is 6.29. The Morgan fingerprint density at radius 3 is 2.42 bits per heavy atom. The standard InChI is InChI=1S/C13H19ClN4O/c1-9-4-17(13-3-12(14)15-8-16-13)5-10(2)18(9)11-6-19-7-11/h3,8-11H,4-7H2,1-2H3. The van der Waals surface area contributed by atoms with Gasteiger partial charge >= 0.3 is 0 Å². The lowest BCUT2D eigenvalue weighted by Crippen LogP contribution is -2.64. The fourth-order valence-corrected chi connectivity index (χ4v) is 3.28. The molecule has 0 N–H and O–H groups in total. The summed E-state index contributed by atoms with van der Waals surface area (Å²) in [7, 11) is 0. The molecule has 2 aliphatic rings. The quantitative estimate of drug-likeness (QED) is 0.768. The van der Waals surface area contributed by atoms with Gasteiger partial charge in [0.25, 0.3) is 0 Å². The molecule has 0 amide bonds. The van der Waals surface area contributed by atoms with Crippen molar-refractivity contribution in [3.05, 3.63) is 17.5 Å². The van der Waals surface area contributed by atoms with Crippen LogP contribution < -0.4 is 4.90 Å². The molecule has 5 nitrogen and oxygen atoms in total. The number of hydrogen-bond donors (Lipinski definition) is 0. The Labute approximate surface area is 118 Å². The number of piperazine rings is 1. The number of aromatic nitrogens is 2. The summed E-state index contributed by atoms with van der Waals surface area (Å²) in [6.07, 6.45) is 1.53. The zero-order chi connectivity index (χ0) is 13.4. The Bertz CT molecular complexity index is 442. The summed E-state index contributed by atoms with van der Waals surface area (Å²) in [5.41, 5.74) is 0. The molecule has 0 radical (unpaired) electrons. The van der Waals surface area contributed by atoms with Crippen molar-refractivity contribution in [3.8, 4) is 0 Å². The van der Waals surface area contributed by atoms with E-state index in [0.29, 0.717) is 23.3 Å². The van der Waals surface area contributed by atoms with Gasteiger partial charge in [0, 0.05) is 31.2 Å². The largest absolute Gasteiger partial charge is 0.378 e. The molecule has 2 saturated heterocycles. The topological polar surface area (TPSA) is 41.5 Å². The van der Waals surface area contributed by atoms with Crippen molar-refractivity contribution in [2.45, 2.75) is 32.0 Å². The zero-order valence-corrected chi connectivity index (χ0v) is 12.0. The van der Waals surface area contributed by atoms with Crippen LogP contribution in [0, 0.1) is 0 Å². The summed E-state index contributed by atoms with van der Waals surface area (Å²) < 4.78 is 5.32. The van der Waals surface area contributed by atoms with Crippen LogP contribution in [-0.2, 0) is 4.74 Å². The Kier molecular flexibility index (Phi) is 3.60. The number of anilines is 1. The maximum atomic E-state index is 5.94. The highest BCUT2D eigenvalue weighted by Crippen LogP contribution is 2.25. The van der Waals surface area contributed by atoms with Gasteiger partial charge < -0.3 is 9.64 Å². The lowest BCUT2D eigenvalue weighted by molar-refractivity contribution is -0.0941. The predicted octanol–water partition coefficient (Wildman–Crippen LogP) is 1.43. The molecular formula is C13H19ClN4O. The van der Waals surface area contributed by atoms with Crippen LogP contribution in [0.1, 0.15) is 13.8 Å². The molecular weight excluding hydrogens is 264 g/mol. The summed E-state index contributed by atoms with van der Waals surface area (Å²) in [6, 6.07) is 3.40. The van der Waals surface area contributed by atoms with Crippen LogP contribution in [-0.4, -0.2) is 59.3 Å². The van der Waals surface area contributed by atoms with E-state index in [0.717, 1.165) is 32.1 Å². The first kappa shape index (κ1) is 13.1. The minimum atomic E-state index is 0.492. The zero-order valence-electron chi connectivity index (χ0n) is 11.3. The van der Waals surface area contributed by atoms with Crippen molar-refractivity contribution >= 4 is 17.4 Å². The lowest BCUT2D eigenvalue weighted by atomic mass is 10.0. The van der Waals surface area contributed by atoms with E-state index in [-0.39, 0.29) is 0 Å². The molecule has 0 aliphatic carbocycles. The molecule has 3 heterocycles. The molecule has 0 bridgehead atoms. The summed E-state index contributed by atoms with van der Waals surface area (Å²) in [5, 5.41) is 0.500. The molecule has 104 valence electrons. The molecule has 2 unspecified atom stereocenters. The molecule has 3 rings (SSSR count). The summed E-state index contributed by atoms with van der Waals surface area (Å²) >= 11 is 5.94. The molecule has 0 spiro atoms. The first-order chi connectivity index (χ1) is 9.15. The number of halogens is 1. The SMILES string of the molecule is CC1CN(c2cc(Cl)ncn2)CC(C)N1C1COC1. The molecule has 2 atom stereocenters. The van der Waals surface area contributed by atoms with E-state index in [4.69, 9.17) is 16.3 Å². The van der Waals surface area contributed by atoms with E-state index in [2.05, 4.69) is 33.6 Å². The van der Waals surface area contributed by atoms with Crippen LogP contribution in [0.4, 0.5) is 5.82 Å². The highest BCUT2D eigenvalue weighted by atomic mass is 35.5. The van der Waals surface area contributed by atoms with E-state index in [9.17, 15) is 0 Å². The molecule has 0 aromatic carbocycles. The van der Waals surface area contributed by atoms with Crippen LogP contribution in [0.15, 0.2) is 12.4 Å². The van der Waals surface area contributed by atoms with Gasteiger partial charge in [0.05, 0.1) is 19.3 Å². The number of nitrogens with zero attached hydrogens (tertiary/aromatic N) is 4. The average Bonchev–Trinajstić information content (AvgIpc) is 2.31. The minimum Gasteiger partial charge on any atom is -0.378 e. The van der Waals surface area contributed by atoms with Gasteiger partial charge in [0.15, 0.2) is 0 Å². The molecule has 2 aliphatic heterocycles. The normalized spacial score (nSPS) is 29.3. The van der Waals surface area contributed by atoms with Crippen LogP contribution >= 0.6 is 11.6 Å². The maximum absolute atomic E-state index is 5.94. The van der Waals surface area contributed by atoms with Gasteiger partial charge in [-0.15, -0.1) is 0 Å². The van der Waals surface area contributed by atoms with Gasteiger partial charge in [-0.1, -0.05) is 11.6 Å². The number of hydrogen-bond acceptors (Lipinski definition) is 5. The molecule has 6 heteroatoms. The molecule has 0 saturated carbocycles. The predicted molar refractivity (Wildman–Crippen MR) is 74.6 cm³/mol. The van der Waals surface area contributed by atoms with Crippen LogP contribution in [0.2, 0.25) is 5.15 Å². The number of ether oxygens (including phenoxy) is 1. The summed E-state index contributed by atoms with van der Waals surface area (Å²) in [5.74, 6) is 0.920. The van der Waals surface area contributed by atoms with Gasteiger partial charge in [-0.25, -0.2) is 9.97 Å². The van der Waals surface area contributed by atoms with Crippen molar-refractivity contribution in [1.82, 2.24) is 14.9 Å². The monoisotopic (exact) mass is 282 g/mol. The van der Waals surface area contributed by atoms with Gasteiger partial charge in [-0.3, -0.25) is 4.90 Å². The van der Waals surface area contributed by atoms with Crippen LogP contribution in [0.25, 0.3) is 0 Å². The van der Waals surface area contributed by atoms with E-state index in [1.165, 1.54) is 6.33 Å². The van der Waals surface area contributed by atoms with E-state index in [1.807, 2.05) is 6.07 Å². The van der Waals surface area contributed by atoms with Gasteiger partial charge in [0.2, 0.25) is 0 Å². The third kappa shape index (κ3) is 2.55. The Morgan fingerprint density at radius 1 is 1.21 bits per heavy atom. The van der Waals surface area contributed by atoms with Crippen molar-refractivity contribution in [2.75, 3.05) is 31.2 Å². The van der Waals surface area contributed by atoms with Crippen molar-refractivity contribution in [1.29, 1.82) is 0 Å². The van der Waals surface area contributed by atoms with Gasteiger partial charge in [-0.05, 0) is 13.8 Å². The van der Waals surface area contributed by atoms with Gasteiger partial charge in [-0.2, -0.15) is 0 Å². The van der Waals surface area contributed by atoms with E-state index in [1.54, 1.807) is 0 Å². The molecule has 2 fully saturated rings. The van der Waals surface area contributed by atoms with Crippen molar-refractivity contribution in [2.24, 2.45) is 0 Å². The summed E-state index contributed by atoms with van der Waals surface area (Å²) in [6.45, 7) is 8.21. The Morgan fingerprint density at radius 2 is 1.89 bits per heavy atom. The first-order valence-corrected chi connectivity index (χ1v) is 7.10. The first-order valence-electron chi connectivity index (χ1n) is 6.73. The molecule has 1 aromatic heterocycles. The molecule has 19 heavy (non-hydrogen) atoms. The number of rotatable bonds is 2. The fourth-order valence-electron chi connectivity index (χ4n) is 3.13. The highest BCUT2D eigenvalue weighted by Gasteiger charge is 2.37. The Hall–Kier alpha value is -0.910. The second kappa shape index (κ2) is 5.23. The van der Waals surface area contributed by atoms with Crippen LogP contribution in [0.5, 0.6) is 0 Å². The fraction of sp³-hybridized carbons (Fsp3) is 0.692. The summed E-state index contributed by atoms with van der Waals surface area (Å²) in [4.78, 5) is 13.1. The third-order valence-corrected chi connectivity index (χ3v) is 4.18. The van der Waals surface area contributed by atoms with E-state index < -0.39 is 0 Å². The smallest absolute Gasteiger partial charge is 0.134 e. The lowest BCUT2D eigenvalue weighted by Gasteiger charge is -2.50. The Balaban J connectivity index is 1.74. The van der Waals surface area contributed by atoms with Crippen molar-refractivity contribution in [3.63, 3.8) is 0 Å². The van der Waals surface area contributed by atoms with Crippen molar-refractivity contribution < 1.29 is 4.74 Å². The maximum Gasteiger partial charge on any atom is 0.134 e. The third-order valence-electron chi connectivity index (χ3n) is 3.97. The van der Waals surface area contributed by atoms with Crippen LogP contribution in [0.3, 0.4) is 0 Å². The average molecular weight is 283 g/mol. The minimum absolute atomic E-state index is 0.492.